The minimum absolute atomic E-state index is 0.0167. The van der Waals surface area contributed by atoms with Gasteiger partial charge in [-0.1, -0.05) is 11.6 Å². The highest BCUT2D eigenvalue weighted by Gasteiger charge is 2.38. The SMILES string of the molecule is Cc1ccc2oc(CNC(=O)C(=O)NCCOc3ccc(Nc4ccc([N+](=O)[O-])c(C(F)(F)F)c4)cc3)cc2c1. The van der Waals surface area contributed by atoms with Crippen molar-refractivity contribution >= 4 is 39.8 Å². The molecule has 13 heteroatoms. The largest absolute Gasteiger partial charge is 0.492 e. The van der Waals surface area contributed by atoms with E-state index in [0.29, 0.717) is 28.8 Å². The van der Waals surface area contributed by atoms with Crippen LogP contribution in [0, 0.1) is 17.0 Å². The van der Waals surface area contributed by atoms with Crippen LogP contribution in [0.1, 0.15) is 16.9 Å². The predicted molar refractivity (Wildman–Crippen MR) is 139 cm³/mol. The van der Waals surface area contributed by atoms with E-state index in [-0.39, 0.29) is 25.4 Å². The number of hydrogen-bond acceptors (Lipinski definition) is 7. The molecule has 0 aliphatic carbocycles. The van der Waals surface area contributed by atoms with Gasteiger partial charge in [-0.05, 0) is 61.5 Å². The molecule has 0 spiro atoms. The number of alkyl halides is 3. The molecule has 0 radical (unpaired) electrons. The van der Waals surface area contributed by atoms with E-state index in [0.717, 1.165) is 17.0 Å². The Morgan fingerprint density at radius 1 is 0.950 bits per heavy atom. The number of nitro groups is 1. The summed E-state index contributed by atoms with van der Waals surface area (Å²) in [5, 5.41) is 19.5. The van der Waals surface area contributed by atoms with Crippen LogP contribution in [-0.2, 0) is 22.3 Å². The summed E-state index contributed by atoms with van der Waals surface area (Å²) in [6.45, 7) is 2.09. The van der Waals surface area contributed by atoms with Crippen LogP contribution in [0.3, 0.4) is 0 Å². The highest BCUT2D eigenvalue weighted by molar-refractivity contribution is 6.35. The zero-order valence-electron chi connectivity index (χ0n) is 21.0. The lowest BCUT2D eigenvalue weighted by molar-refractivity contribution is -0.388. The minimum Gasteiger partial charge on any atom is -0.492 e. The fourth-order valence-electron chi connectivity index (χ4n) is 3.77. The molecular formula is C27H23F3N4O6. The highest BCUT2D eigenvalue weighted by atomic mass is 19.4. The second-order valence-electron chi connectivity index (χ2n) is 8.68. The van der Waals surface area contributed by atoms with E-state index < -0.39 is 34.2 Å². The molecule has 0 bridgehead atoms. The number of ether oxygens (including phenoxy) is 1. The number of halogens is 3. The molecule has 2 amide bonds. The lowest BCUT2D eigenvalue weighted by Crippen LogP contribution is -2.41. The fourth-order valence-corrected chi connectivity index (χ4v) is 3.77. The Hall–Kier alpha value is -5.07. The fraction of sp³-hybridized carbons (Fsp3) is 0.185. The Labute approximate surface area is 225 Å². The third kappa shape index (κ3) is 7.07. The van der Waals surface area contributed by atoms with E-state index in [1.807, 2.05) is 25.1 Å². The summed E-state index contributed by atoms with van der Waals surface area (Å²) >= 11 is 0. The van der Waals surface area contributed by atoms with Gasteiger partial charge >= 0.3 is 18.0 Å². The number of furan rings is 1. The lowest BCUT2D eigenvalue weighted by atomic mass is 10.1. The first-order valence-electron chi connectivity index (χ1n) is 11.9. The topological polar surface area (TPSA) is 136 Å². The second kappa shape index (κ2) is 11.8. The van der Waals surface area contributed by atoms with Gasteiger partial charge in [-0.15, -0.1) is 0 Å². The molecular weight excluding hydrogens is 533 g/mol. The third-order valence-corrected chi connectivity index (χ3v) is 5.65. The van der Waals surface area contributed by atoms with Crippen LogP contribution in [0.25, 0.3) is 11.0 Å². The summed E-state index contributed by atoms with van der Waals surface area (Å²) in [6.07, 6.45) is -4.89. The molecule has 0 atom stereocenters. The maximum atomic E-state index is 13.2. The molecule has 0 aliphatic heterocycles. The normalized spacial score (nSPS) is 11.2. The average molecular weight is 556 g/mol. The van der Waals surface area contributed by atoms with E-state index >= 15 is 0 Å². The molecule has 10 nitrogen and oxygen atoms in total. The van der Waals surface area contributed by atoms with Crippen LogP contribution >= 0.6 is 0 Å². The number of nitrogens with zero attached hydrogens (tertiary/aromatic N) is 1. The van der Waals surface area contributed by atoms with Gasteiger partial charge in [-0.3, -0.25) is 19.7 Å². The van der Waals surface area contributed by atoms with Crippen molar-refractivity contribution in [2.24, 2.45) is 0 Å². The molecule has 0 saturated carbocycles. The van der Waals surface area contributed by atoms with Crippen LogP contribution in [-0.4, -0.2) is 29.9 Å². The molecule has 0 fully saturated rings. The smallest absolute Gasteiger partial charge is 0.423 e. The molecule has 0 saturated heterocycles. The number of benzene rings is 3. The second-order valence-corrected chi connectivity index (χ2v) is 8.68. The van der Waals surface area contributed by atoms with E-state index in [9.17, 15) is 32.9 Å². The number of amides is 2. The predicted octanol–water partition coefficient (Wildman–Crippen LogP) is 5.22. The first-order chi connectivity index (χ1) is 19.0. The molecule has 0 unspecified atom stereocenters. The van der Waals surface area contributed by atoms with Crippen molar-refractivity contribution in [3.63, 3.8) is 0 Å². The third-order valence-electron chi connectivity index (χ3n) is 5.65. The summed E-state index contributed by atoms with van der Waals surface area (Å²) < 4.78 is 50.7. The summed E-state index contributed by atoms with van der Waals surface area (Å²) in [7, 11) is 0. The Bertz CT molecular complexity index is 1550. The van der Waals surface area contributed by atoms with Crippen molar-refractivity contribution in [3.8, 4) is 5.75 Å². The van der Waals surface area contributed by atoms with Crippen molar-refractivity contribution in [1.82, 2.24) is 10.6 Å². The molecule has 3 N–H and O–H groups in total. The summed E-state index contributed by atoms with van der Waals surface area (Å²) in [6, 6.07) is 16.3. The van der Waals surface area contributed by atoms with Crippen LogP contribution in [0.4, 0.5) is 30.2 Å². The van der Waals surface area contributed by atoms with E-state index in [2.05, 4.69) is 16.0 Å². The summed E-state index contributed by atoms with van der Waals surface area (Å²) in [4.78, 5) is 33.9. The Morgan fingerprint density at radius 2 is 1.65 bits per heavy atom. The van der Waals surface area contributed by atoms with Gasteiger partial charge in [0.05, 0.1) is 18.0 Å². The van der Waals surface area contributed by atoms with E-state index in [1.165, 1.54) is 18.2 Å². The molecule has 4 rings (SSSR count). The van der Waals surface area contributed by atoms with Crippen molar-refractivity contribution in [2.45, 2.75) is 19.6 Å². The van der Waals surface area contributed by atoms with Gasteiger partial charge in [0.2, 0.25) is 0 Å². The molecule has 1 heterocycles. The average Bonchev–Trinajstić information content (AvgIpc) is 3.32. The molecule has 4 aromatic rings. The number of nitrogens with one attached hydrogen (secondary N) is 3. The van der Waals surface area contributed by atoms with Crippen molar-refractivity contribution in [3.05, 3.63) is 93.7 Å². The first kappa shape index (κ1) is 28.0. The van der Waals surface area contributed by atoms with Gasteiger partial charge in [-0.2, -0.15) is 13.2 Å². The van der Waals surface area contributed by atoms with Crippen LogP contribution < -0.4 is 20.7 Å². The number of carbonyl (C=O) groups excluding carboxylic acids is 2. The van der Waals surface area contributed by atoms with Crippen molar-refractivity contribution in [2.75, 3.05) is 18.5 Å². The van der Waals surface area contributed by atoms with Gasteiger partial charge < -0.3 is 25.1 Å². The van der Waals surface area contributed by atoms with Crippen LogP contribution in [0.2, 0.25) is 0 Å². The maximum Gasteiger partial charge on any atom is 0.423 e. The molecule has 40 heavy (non-hydrogen) atoms. The van der Waals surface area contributed by atoms with E-state index in [1.54, 1.807) is 18.2 Å². The van der Waals surface area contributed by atoms with Crippen LogP contribution in [0.15, 0.2) is 71.1 Å². The first-order valence-corrected chi connectivity index (χ1v) is 11.9. The number of hydrogen-bond donors (Lipinski definition) is 3. The summed E-state index contributed by atoms with van der Waals surface area (Å²) in [5.41, 5.74) is -0.206. The van der Waals surface area contributed by atoms with Gasteiger partial charge in [-0.25, -0.2) is 0 Å². The van der Waals surface area contributed by atoms with Gasteiger partial charge in [0.1, 0.15) is 29.3 Å². The van der Waals surface area contributed by atoms with Crippen molar-refractivity contribution in [1.29, 1.82) is 0 Å². The monoisotopic (exact) mass is 556 g/mol. The number of carbonyl (C=O) groups is 2. The number of nitro benzene ring substituents is 1. The maximum absolute atomic E-state index is 13.2. The van der Waals surface area contributed by atoms with Crippen LogP contribution in [0.5, 0.6) is 5.75 Å². The quantitative estimate of drug-likeness (QED) is 0.111. The van der Waals surface area contributed by atoms with Gasteiger partial charge in [0, 0.05) is 22.8 Å². The molecule has 208 valence electrons. The Kier molecular flexibility index (Phi) is 8.22. The molecule has 0 aliphatic rings. The van der Waals surface area contributed by atoms with Gasteiger partial charge in [0.25, 0.3) is 5.69 Å². The van der Waals surface area contributed by atoms with E-state index in [4.69, 9.17) is 9.15 Å². The molecule has 1 aromatic heterocycles. The zero-order valence-corrected chi connectivity index (χ0v) is 21.0. The van der Waals surface area contributed by atoms with Gasteiger partial charge in [0.15, 0.2) is 0 Å². The Morgan fingerprint density at radius 3 is 2.35 bits per heavy atom. The lowest BCUT2D eigenvalue weighted by Gasteiger charge is -2.12. The number of fused-ring (bicyclic) bond motifs is 1. The zero-order chi connectivity index (χ0) is 28.9. The van der Waals surface area contributed by atoms with Crippen molar-refractivity contribution < 1.29 is 36.8 Å². The standard InChI is InChI=1S/C27H23F3N4O6/c1-16-2-9-24-17(12-16)13-21(40-24)15-32-26(36)25(35)31-10-11-39-20-6-3-18(4-7-20)33-19-5-8-23(34(37)38)22(14-19)27(28,29)30/h2-9,12-14,33H,10-11,15H2,1H3,(H,31,35)(H,32,36). The number of rotatable bonds is 9. The minimum atomic E-state index is -4.89. The highest BCUT2D eigenvalue weighted by Crippen LogP contribution is 2.38. The molecule has 3 aromatic carbocycles. The number of aryl methyl sites for hydroxylation is 1. The Balaban J connectivity index is 1.21. The summed E-state index contributed by atoms with van der Waals surface area (Å²) in [5.74, 6) is -0.746. The number of anilines is 2.